The van der Waals surface area contributed by atoms with Gasteiger partial charge in [-0.25, -0.2) is 0 Å². The van der Waals surface area contributed by atoms with Crippen LogP contribution in [0, 0.1) is 0 Å². The van der Waals surface area contributed by atoms with Crippen molar-refractivity contribution < 1.29 is 4.79 Å². The molecule has 0 fully saturated rings. The molecule has 0 spiro atoms. The second-order valence-corrected chi connectivity index (χ2v) is 3.24. The number of hydrogen-bond donors (Lipinski definition) is 0. The molecule has 2 aromatic rings. The summed E-state index contributed by atoms with van der Waals surface area (Å²) in [4.78, 5) is 14.8. The summed E-state index contributed by atoms with van der Waals surface area (Å²) >= 11 is 0. The summed E-state index contributed by atoms with van der Waals surface area (Å²) in [6, 6.07) is 18.6. The van der Waals surface area contributed by atoms with Crippen molar-refractivity contribution in [2.75, 3.05) is 0 Å². The molecule has 0 aromatic heterocycles. The van der Waals surface area contributed by atoms with Gasteiger partial charge in [-0.15, -0.1) is 0 Å². The van der Waals surface area contributed by atoms with E-state index in [1.54, 1.807) is 0 Å². The van der Waals surface area contributed by atoms with Gasteiger partial charge in [0.1, 0.15) is 0 Å². The first-order chi connectivity index (χ1) is 9.71. The van der Waals surface area contributed by atoms with Crippen molar-refractivity contribution in [3.05, 3.63) is 104 Å². The van der Waals surface area contributed by atoms with Crippen LogP contribution in [0.15, 0.2) is 60.7 Å². The van der Waals surface area contributed by atoms with Crippen molar-refractivity contribution in [2.45, 2.75) is 0 Å². The van der Waals surface area contributed by atoms with Gasteiger partial charge in [-0.2, -0.15) is 0 Å². The van der Waals surface area contributed by atoms with E-state index in [0.717, 1.165) is 11.1 Å². The van der Waals surface area contributed by atoms with E-state index in [0.29, 0.717) is 0 Å². The molecule has 100 valence electrons. The van der Waals surface area contributed by atoms with Crippen molar-refractivity contribution in [3.63, 3.8) is 0 Å². The molecule has 0 aliphatic rings. The number of benzene rings is 2. The average molecular weight is 266 g/mol. The normalized spacial score (nSPS) is 7.60. The van der Waals surface area contributed by atoms with Gasteiger partial charge in [-0.3, -0.25) is 14.6 Å². The molecule has 0 N–H and O–H groups in total. The van der Waals surface area contributed by atoms with E-state index in [2.05, 4.69) is 0 Å². The summed E-state index contributed by atoms with van der Waals surface area (Å²) in [7, 11) is 0. The lowest BCUT2D eigenvalue weighted by Gasteiger charge is -1.99. The Hall–Kier alpha value is -3.27. The molecule has 0 amide bonds. The van der Waals surface area contributed by atoms with Crippen LogP contribution in [0.4, 0.5) is 0 Å². The topological polar surface area (TPSA) is 134 Å². The Morgan fingerprint density at radius 3 is 1.15 bits per heavy atom. The molecule has 0 saturated heterocycles. The summed E-state index contributed by atoms with van der Waals surface area (Å²) in [5.74, 6) is 0.0752. The fourth-order valence-corrected chi connectivity index (χ4v) is 1.35. The van der Waals surface area contributed by atoms with E-state index in [4.69, 9.17) is 22.1 Å². The maximum atomic E-state index is 11.8. The third-order valence-corrected chi connectivity index (χ3v) is 2.07. The lowest BCUT2D eigenvalue weighted by atomic mass is 10.0. The minimum absolute atomic E-state index is 0.0752. The Balaban J connectivity index is 0.000000520. The highest BCUT2D eigenvalue weighted by Crippen LogP contribution is 2.08. The number of ketones is 1. The molecule has 0 heterocycles. The number of carbonyl (C=O) groups is 1. The van der Waals surface area contributed by atoms with Crippen LogP contribution in [0.5, 0.6) is 0 Å². The lowest BCUT2D eigenvalue weighted by Crippen LogP contribution is -1.99. The predicted octanol–water partition coefficient (Wildman–Crippen LogP) is 4.65. The van der Waals surface area contributed by atoms with Crippen LogP contribution < -0.4 is 0 Å². The maximum Gasteiger partial charge on any atom is 0.193 e. The second-order valence-electron chi connectivity index (χ2n) is 3.24. The summed E-state index contributed by atoms with van der Waals surface area (Å²) in [5, 5.41) is 0. The van der Waals surface area contributed by atoms with Crippen LogP contribution in [0.3, 0.4) is 0 Å². The van der Waals surface area contributed by atoms with Gasteiger partial charge in [0.05, 0.1) is 0 Å². The summed E-state index contributed by atoms with van der Waals surface area (Å²) in [6.07, 6.45) is 0. The van der Waals surface area contributed by atoms with Crippen molar-refractivity contribution in [3.8, 4) is 0 Å². The molecule has 0 bridgehead atoms. The van der Waals surface area contributed by atoms with Gasteiger partial charge in [0.2, 0.25) is 0 Å². The molecular weight excluding hydrogens is 256 g/mol. The molecule has 7 heteroatoms. The summed E-state index contributed by atoms with van der Waals surface area (Å²) in [5.41, 5.74) is 28.5. The molecule has 0 saturated carbocycles. The highest BCUT2D eigenvalue weighted by atomic mass is 16.1. The highest BCUT2D eigenvalue weighted by Gasteiger charge is 2.06. The Labute approximate surface area is 115 Å². The van der Waals surface area contributed by atoms with Gasteiger partial charge >= 0.3 is 0 Å². The van der Waals surface area contributed by atoms with Gasteiger partial charge in [0.25, 0.3) is 0 Å². The van der Waals surface area contributed by atoms with E-state index in [1.807, 2.05) is 60.7 Å². The Kier molecular flexibility index (Phi) is 9.08. The predicted molar refractivity (Wildman–Crippen MR) is 76.5 cm³/mol. The third kappa shape index (κ3) is 6.46. The highest BCUT2D eigenvalue weighted by molar-refractivity contribution is 6.08. The zero-order chi connectivity index (χ0) is 15.2. The van der Waals surface area contributed by atoms with Crippen LogP contribution >= 0.6 is 0 Å². The van der Waals surface area contributed by atoms with Crippen LogP contribution in [-0.4, -0.2) is 5.78 Å². The molecule has 7 nitrogen and oxygen atoms in total. The Morgan fingerprint density at radius 2 is 0.900 bits per heavy atom. The molecule has 0 unspecified atom stereocenters. The maximum absolute atomic E-state index is 11.8. The quantitative estimate of drug-likeness (QED) is 0.332. The molecule has 20 heavy (non-hydrogen) atoms. The standard InChI is InChI=1S/C13H10O.2N3/c14-13(11-7-3-1-4-8-11)12-9-5-2-6-10-12;2*1-3-2/h1-10H;;/q;2*-1. The molecule has 0 atom stereocenters. The van der Waals surface area contributed by atoms with E-state index >= 15 is 0 Å². The fraction of sp³-hybridized carbons (Fsp3) is 0. The van der Waals surface area contributed by atoms with Crippen molar-refractivity contribution >= 4 is 5.78 Å². The minimum Gasteiger partial charge on any atom is -0.373 e. The Bertz CT molecular complexity index is 531. The SMILES string of the molecule is O=C(c1ccccc1)c1ccccc1.[N-]=[N+]=[N-].[N-]=[N+]=[N-]. The van der Waals surface area contributed by atoms with Gasteiger partial charge in [-0.05, 0) is 0 Å². The average Bonchev–Trinajstić information content (AvgIpc) is 2.50. The van der Waals surface area contributed by atoms with Crippen LogP contribution in [-0.2, 0) is 0 Å². The van der Waals surface area contributed by atoms with Gasteiger partial charge in [0.15, 0.2) is 5.78 Å². The van der Waals surface area contributed by atoms with E-state index in [1.165, 1.54) is 9.82 Å². The molecule has 0 aliphatic carbocycles. The molecule has 0 radical (unpaired) electrons. The van der Waals surface area contributed by atoms with Crippen LogP contribution in [0.1, 0.15) is 15.9 Å². The number of rotatable bonds is 2. The molecular formula is C13H10N6O-2. The monoisotopic (exact) mass is 266 g/mol. The van der Waals surface area contributed by atoms with Crippen molar-refractivity contribution in [1.29, 1.82) is 0 Å². The van der Waals surface area contributed by atoms with Gasteiger partial charge < -0.3 is 22.1 Å². The summed E-state index contributed by atoms with van der Waals surface area (Å²) in [6.45, 7) is 0. The number of carbonyl (C=O) groups excluding carboxylic acids is 1. The first kappa shape index (κ1) is 16.7. The minimum atomic E-state index is 0.0752. The fourth-order valence-electron chi connectivity index (χ4n) is 1.35. The zero-order valence-electron chi connectivity index (χ0n) is 10.4. The summed E-state index contributed by atoms with van der Waals surface area (Å²) < 4.78 is 0. The van der Waals surface area contributed by atoms with Crippen molar-refractivity contribution in [1.82, 2.24) is 0 Å². The Morgan fingerprint density at radius 1 is 0.650 bits per heavy atom. The van der Waals surface area contributed by atoms with E-state index in [-0.39, 0.29) is 5.78 Å². The molecule has 0 aliphatic heterocycles. The van der Waals surface area contributed by atoms with Crippen LogP contribution in [0.2, 0.25) is 0 Å². The van der Waals surface area contributed by atoms with Crippen LogP contribution in [0.25, 0.3) is 31.9 Å². The first-order valence-corrected chi connectivity index (χ1v) is 5.33. The smallest absolute Gasteiger partial charge is 0.193 e. The molecule has 2 rings (SSSR count). The number of hydrogen-bond acceptors (Lipinski definition) is 1. The second kappa shape index (κ2) is 10.9. The first-order valence-electron chi connectivity index (χ1n) is 5.33. The largest absolute Gasteiger partial charge is 0.373 e. The zero-order valence-corrected chi connectivity index (χ0v) is 10.4. The van der Waals surface area contributed by atoms with Gasteiger partial charge in [0, 0.05) is 11.1 Å². The van der Waals surface area contributed by atoms with Crippen molar-refractivity contribution in [2.24, 2.45) is 0 Å². The third-order valence-electron chi connectivity index (χ3n) is 2.07. The van der Waals surface area contributed by atoms with E-state index in [9.17, 15) is 4.79 Å². The van der Waals surface area contributed by atoms with Gasteiger partial charge in [-0.1, -0.05) is 60.7 Å². The lowest BCUT2D eigenvalue weighted by molar-refractivity contribution is 0.103. The van der Waals surface area contributed by atoms with E-state index < -0.39 is 0 Å². The number of nitrogens with zero attached hydrogens (tertiary/aromatic N) is 6. The molecule has 2 aromatic carbocycles.